The van der Waals surface area contributed by atoms with Crippen LogP contribution in [0.4, 0.5) is 19.3 Å². The molecule has 6 nitrogen and oxygen atoms in total. The number of carbonyl (C=O) groups is 2. The van der Waals surface area contributed by atoms with E-state index in [2.05, 4.69) is 5.32 Å². The third-order valence-corrected chi connectivity index (χ3v) is 4.37. The molecule has 0 bridgehead atoms. The highest BCUT2D eigenvalue weighted by atomic mass is 19.1. The molecule has 1 heterocycles. The third kappa shape index (κ3) is 3.48. The fourth-order valence-corrected chi connectivity index (χ4v) is 3.05. The van der Waals surface area contributed by atoms with Crippen LogP contribution < -0.4 is 5.32 Å². The number of benzene rings is 1. The lowest BCUT2D eigenvalue weighted by Crippen LogP contribution is -2.57. The predicted octanol–water partition coefficient (Wildman–Crippen LogP) is 2.43. The highest BCUT2D eigenvalue weighted by molar-refractivity contribution is 5.90. The molecule has 1 aromatic carbocycles. The van der Waals surface area contributed by atoms with Crippen molar-refractivity contribution in [3.63, 3.8) is 0 Å². The number of anilines is 1. The summed E-state index contributed by atoms with van der Waals surface area (Å²) in [6, 6.07) is 2.07. The van der Waals surface area contributed by atoms with Gasteiger partial charge in [0.1, 0.15) is 17.0 Å². The first-order valence-electron chi connectivity index (χ1n) is 7.72. The van der Waals surface area contributed by atoms with E-state index in [-0.39, 0.29) is 31.6 Å². The van der Waals surface area contributed by atoms with Crippen molar-refractivity contribution in [2.75, 3.05) is 18.4 Å². The second kappa shape index (κ2) is 7.12. The number of nitrogens with zero attached hydrogens (tertiary/aromatic N) is 1. The smallest absolute Gasteiger partial charge is 0.321 e. The minimum absolute atomic E-state index is 0.117. The van der Waals surface area contributed by atoms with Crippen LogP contribution in [0, 0.1) is 17.0 Å². The molecule has 0 aliphatic carbocycles. The first kappa shape index (κ1) is 18.1. The molecular weight excluding hydrogens is 322 g/mol. The number of carboxylic acid groups (broad SMARTS) is 1. The minimum atomic E-state index is -1.44. The summed E-state index contributed by atoms with van der Waals surface area (Å²) in [4.78, 5) is 25.2. The highest BCUT2D eigenvalue weighted by Crippen LogP contribution is 2.35. The van der Waals surface area contributed by atoms with Crippen LogP contribution in [0.15, 0.2) is 18.2 Å². The molecular formula is C16H20F2N2O4. The number of carbonyl (C=O) groups excluding carboxylic acids is 1. The van der Waals surface area contributed by atoms with Crippen LogP contribution in [0.3, 0.4) is 0 Å². The predicted molar refractivity (Wildman–Crippen MR) is 82.6 cm³/mol. The molecule has 2 rings (SSSR count). The Bertz CT molecular complexity index is 641. The SMILES string of the molecule is CCC[C@@]1(C(=O)O)CN(C(=O)Nc2ccc(F)cc2F)CC[C@@H]1O. The lowest BCUT2D eigenvalue weighted by molar-refractivity contribution is -0.162. The molecule has 24 heavy (non-hydrogen) atoms. The van der Waals surface area contributed by atoms with Gasteiger partial charge in [0.15, 0.2) is 0 Å². The average Bonchev–Trinajstić information content (AvgIpc) is 2.52. The van der Waals surface area contributed by atoms with Crippen molar-refractivity contribution in [1.82, 2.24) is 4.90 Å². The molecule has 1 aliphatic rings. The van der Waals surface area contributed by atoms with E-state index < -0.39 is 35.2 Å². The number of hydrogen-bond donors (Lipinski definition) is 3. The normalized spacial score (nSPS) is 23.8. The molecule has 8 heteroatoms. The van der Waals surface area contributed by atoms with E-state index in [1.807, 2.05) is 0 Å². The molecule has 0 unspecified atom stereocenters. The quantitative estimate of drug-likeness (QED) is 0.784. The lowest BCUT2D eigenvalue weighted by atomic mass is 9.74. The van der Waals surface area contributed by atoms with E-state index in [0.717, 1.165) is 12.1 Å². The molecule has 1 fully saturated rings. The van der Waals surface area contributed by atoms with E-state index in [1.54, 1.807) is 6.92 Å². The number of rotatable bonds is 4. The number of aliphatic hydroxyl groups excluding tert-OH is 1. The molecule has 2 atom stereocenters. The van der Waals surface area contributed by atoms with Gasteiger partial charge in [-0.3, -0.25) is 4.79 Å². The zero-order valence-corrected chi connectivity index (χ0v) is 13.3. The van der Waals surface area contributed by atoms with Crippen LogP contribution in [0.1, 0.15) is 26.2 Å². The number of aliphatic hydroxyl groups is 1. The Labute approximate surface area is 138 Å². The van der Waals surface area contributed by atoms with E-state index in [0.29, 0.717) is 12.5 Å². The number of hydrogen-bond acceptors (Lipinski definition) is 3. The molecule has 2 amide bonds. The molecule has 1 aromatic rings. The maximum atomic E-state index is 13.6. The van der Waals surface area contributed by atoms with Crippen molar-refractivity contribution < 1.29 is 28.6 Å². The average molecular weight is 342 g/mol. The van der Waals surface area contributed by atoms with Crippen molar-refractivity contribution in [3.8, 4) is 0 Å². The number of piperidine rings is 1. The Kier molecular flexibility index (Phi) is 5.38. The number of nitrogens with one attached hydrogen (secondary N) is 1. The lowest BCUT2D eigenvalue weighted by Gasteiger charge is -2.43. The van der Waals surface area contributed by atoms with E-state index in [1.165, 1.54) is 4.90 Å². The van der Waals surface area contributed by atoms with Gasteiger partial charge in [-0.25, -0.2) is 13.6 Å². The second-order valence-corrected chi connectivity index (χ2v) is 5.99. The zero-order valence-electron chi connectivity index (χ0n) is 13.3. The van der Waals surface area contributed by atoms with Gasteiger partial charge in [0.05, 0.1) is 11.8 Å². The van der Waals surface area contributed by atoms with Gasteiger partial charge >= 0.3 is 12.0 Å². The maximum Gasteiger partial charge on any atom is 0.321 e. The van der Waals surface area contributed by atoms with Crippen molar-refractivity contribution in [1.29, 1.82) is 0 Å². The summed E-state index contributed by atoms with van der Waals surface area (Å²) >= 11 is 0. The van der Waals surface area contributed by atoms with Crippen LogP contribution >= 0.6 is 0 Å². The molecule has 0 spiro atoms. The summed E-state index contributed by atoms with van der Waals surface area (Å²) in [7, 11) is 0. The third-order valence-electron chi connectivity index (χ3n) is 4.37. The van der Waals surface area contributed by atoms with Crippen LogP contribution in [0.25, 0.3) is 0 Å². The van der Waals surface area contributed by atoms with Gasteiger partial charge in [-0.05, 0) is 25.0 Å². The number of halogens is 2. The van der Waals surface area contributed by atoms with E-state index >= 15 is 0 Å². The minimum Gasteiger partial charge on any atom is -0.481 e. The molecule has 0 radical (unpaired) electrons. The fraction of sp³-hybridized carbons (Fsp3) is 0.500. The van der Waals surface area contributed by atoms with Gasteiger partial charge in [0, 0.05) is 19.2 Å². The van der Waals surface area contributed by atoms with Crippen LogP contribution in [0.2, 0.25) is 0 Å². The number of urea groups is 1. The summed E-state index contributed by atoms with van der Waals surface area (Å²) in [5, 5.41) is 22.0. The van der Waals surface area contributed by atoms with E-state index in [9.17, 15) is 28.6 Å². The summed E-state index contributed by atoms with van der Waals surface area (Å²) < 4.78 is 26.5. The van der Waals surface area contributed by atoms with Gasteiger partial charge in [0.2, 0.25) is 0 Å². The summed E-state index contributed by atoms with van der Waals surface area (Å²) in [5.41, 5.74) is -1.63. The monoisotopic (exact) mass is 342 g/mol. The molecule has 0 aromatic heterocycles. The van der Waals surface area contributed by atoms with Gasteiger partial charge in [0.25, 0.3) is 0 Å². The zero-order chi connectivity index (χ0) is 17.9. The van der Waals surface area contributed by atoms with Gasteiger partial charge in [-0.15, -0.1) is 0 Å². The highest BCUT2D eigenvalue weighted by Gasteiger charge is 2.49. The molecule has 0 saturated carbocycles. The maximum absolute atomic E-state index is 13.6. The van der Waals surface area contributed by atoms with Crippen LogP contribution in [-0.2, 0) is 4.79 Å². The Hall–Kier alpha value is -2.22. The molecule has 1 aliphatic heterocycles. The Morgan fingerprint density at radius 2 is 2.12 bits per heavy atom. The molecule has 1 saturated heterocycles. The second-order valence-electron chi connectivity index (χ2n) is 5.99. The standard InChI is InChI=1S/C16H20F2N2O4/c1-2-6-16(14(22)23)9-20(7-5-13(16)21)15(24)19-12-4-3-10(17)8-11(12)18/h3-4,8,13,21H,2,5-7,9H2,1H3,(H,19,24)(H,22,23)/t13-,16+/m0/s1. The first-order valence-corrected chi connectivity index (χ1v) is 7.72. The van der Waals surface area contributed by atoms with Gasteiger partial charge < -0.3 is 20.4 Å². The van der Waals surface area contributed by atoms with Gasteiger partial charge in [-0.2, -0.15) is 0 Å². The summed E-state index contributed by atoms with van der Waals surface area (Å²) in [6.45, 7) is 1.77. The summed E-state index contributed by atoms with van der Waals surface area (Å²) in [5.74, 6) is -2.85. The van der Waals surface area contributed by atoms with Crippen molar-refractivity contribution in [2.24, 2.45) is 5.41 Å². The van der Waals surface area contributed by atoms with Crippen molar-refractivity contribution >= 4 is 17.7 Å². The number of carboxylic acids is 1. The topological polar surface area (TPSA) is 89.9 Å². The van der Waals surface area contributed by atoms with Crippen LogP contribution in [-0.4, -0.2) is 46.3 Å². The summed E-state index contributed by atoms with van der Waals surface area (Å²) in [6.07, 6.45) is -0.184. The Morgan fingerprint density at radius 1 is 1.42 bits per heavy atom. The largest absolute Gasteiger partial charge is 0.481 e. The first-order chi connectivity index (χ1) is 11.3. The van der Waals surface area contributed by atoms with Crippen LogP contribution in [0.5, 0.6) is 0 Å². The fourth-order valence-electron chi connectivity index (χ4n) is 3.05. The number of aliphatic carboxylic acids is 1. The number of likely N-dealkylation sites (tertiary alicyclic amines) is 1. The number of amides is 2. The Morgan fingerprint density at radius 3 is 2.71 bits per heavy atom. The van der Waals surface area contributed by atoms with Crippen molar-refractivity contribution in [2.45, 2.75) is 32.3 Å². The molecule has 132 valence electrons. The van der Waals surface area contributed by atoms with Crippen molar-refractivity contribution in [3.05, 3.63) is 29.8 Å². The van der Waals surface area contributed by atoms with Gasteiger partial charge in [-0.1, -0.05) is 13.3 Å². The molecule has 3 N–H and O–H groups in total. The Balaban J connectivity index is 2.16. The van der Waals surface area contributed by atoms with E-state index in [4.69, 9.17) is 0 Å².